The van der Waals surface area contributed by atoms with E-state index < -0.39 is 0 Å². The van der Waals surface area contributed by atoms with Crippen molar-refractivity contribution in [2.24, 2.45) is 12.5 Å². The van der Waals surface area contributed by atoms with Crippen LogP contribution >= 0.6 is 15.9 Å². The first-order valence-electron chi connectivity index (χ1n) is 5.66. The van der Waals surface area contributed by atoms with Crippen LogP contribution in [0.3, 0.4) is 0 Å². The Morgan fingerprint density at radius 1 is 1.44 bits per heavy atom. The number of hydrogen-bond donors (Lipinski definition) is 1. The van der Waals surface area contributed by atoms with Crippen molar-refractivity contribution in [3.8, 4) is 0 Å². The van der Waals surface area contributed by atoms with Gasteiger partial charge in [-0.1, -0.05) is 32.9 Å². The van der Waals surface area contributed by atoms with E-state index in [1.54, 1.807) is 0 Å². The molecule has 5 heteroatoms. The first kappa shape index (κ1) is 13.6. The molecule has 1 unspecified atom stereocenters. The second-order valence-corrected chi connectivity index (χ2v) is 5.89. The van der Waals surface area contributed by atoms with Crippen molar-refractivity contribution in [3.05, 3.63) is 10.3 Å². The molecular weight excluding hydrogens is 268 g/mol. The molecule has 1 heterocycles. The Morgan fingerprint density at radius 2 is 2.06 bits per heavy atom. The number of aryl methyl sites for hydroxylation is 1. The van der Waals surface area contributed by atoms with Gasteiger partial charge in [0.15, 0.2) is 4.60 Å². The largest absolute Gasteiger partial charge is 0.308 e. The van der Waals surface area contributed by atoms with Crippen LogP contribution < -0.4 is 5.32 Å². The van der Waals surface area contributed by atoms with E-state index in [-0.39, 0.29) is 11.5 Å². The molecule has 0 saturated carbocycles. The molecule has 0 aliphatic rings. The normalized spacial score (nSPS) is 14.1. The second-order valence-electron chi connectivity index (χ2n) is 5.14. The molecule has 1 rings (SSSR count). The van der Waals surface area contributed by atoms with Gasteiger partial charge >= 0.3 is 0 Å². The summed E-state index contributed by atoms with van der Waals surface area (Å²) in [4.78, 5) is 0. The second kappa shape index (κ2) is 5.27. The smallest absolute Gasteiger partial charge is 0.153 e. The topological polar surface area (TPSA) is 42.7 Å². The molecule has 0 spiro atoms. The summed E-state index contributed by atoms with van der Waals surface area (Å²) in [6.45, 7) is 9.84. The summed E-state index contributed by atoms with van der Waals surface area (Å²) in [5.41, 5.74) is 1.24. The van der Waals surface area contributed by atoms with Crippen LogP contribution in [0.1, 0.15) is 45.9 Å². The molecule has 0 bridgehead atoms. The Hall–Kier alpha value is -0.420. The molecule has 0 aromatic carbocycles. The van der Waals surface area contributed by atoms with Gasteiger partial charge in [0, 0.05) is 7.05 Å². The average Bonchev–Trinajstić information content (AvgIpc) is 2.47. The van der Waals surface area contributed by atoms with Crippen molar-refractivity contribution in [2.75, 3.05) is 6.54 Å². The minimum Gasteiger partial charge on any atom is -0.308 e. The maximum atomic E-state index is 4.05. The van der Waals surface area contributed by atoms with Gasteiger partial charge in [-0.3, -0.25) is 0 Å². The minimum absolute atomic E-state index is 0.132. The third-order valence-electron chi connectivity index (χ3n) is 2.56. The number of aromatic nitrogens is 3. The monoisotopic (exact) mass is 288 g/mol. The highest BCUT2D eigenvalue weighted by Gasteiger charge is 2.30. The maximum Gasteiger partial charge on any atom is 0.153 e. The van der Waals surface area contributed by atoms with Gasteiger partial charge in [-0.25, -0.2) is 4.68 Å². The first-order valence-corrected chi connectivity index (χ1v) is 6.45. The van der Waals surface area contributed by atoms with E-state index in [2.05, 4.69) is 59.3 Å². The zero-order valence-corrected chi connectivity index (χ0v) is 12.3. The Bertz CT molecular complexity index is 321. The Morgan fingerprint density at radius 3 is 2.44 bits per heavy atom. The van der Waals surface area contributed by atoms with Crippen LogP contribution in [-0.4, -0.2) is 21.5 Å². The van der Waals surface area contributed by atoms with Crippen LogP contribution in [-0.2, 0) is 7.05 Å². The third kappa shape index (κ3) is 3.04. The van der Waals surface area contributed by atoms with Crippen molar-refractivity contribution in [3.63, 3.8) is 0 Å². The predicted molar refractivity (Wildman–Crippen MR) is 69.2 cm³/mol. The molecular formula is C11H21BrN4. The highest BCUT2D eigenvalue weighted by atomic mass is 79.9. The zero-order valence-electron chi connectivity index (χ0n) is 10.7. The van der Waals surface area contributed by atoms with Crippen LogP contribution in [0.25, 0.3) is 0 Å². The van der Waals surface area contributed by atoms with Gasteiger partial charge in [-0.2, -0.15) is 0 Å². The molecule has 92 valence electrons. The summed E-state index contributed by atoms with van der Waals surface area (Å²) in [5.74, 6) is 0. The molecule has 0 amide bonds. The highest BCUT2D eigenvalue weighted by Crippen LogP contribution is 2.35. The van der Waals surface area contributed by atoms with Crippen LogP contribution in [0.5, 0.6) is 0 Å². The fourth-order valence-electron chi connectivity index (χ4n) is 1.75. The summed E-state index contributed by atoms with van der Waals surface area (Å²) < 4.78 is 2.67. The lowest BCUT2D eigenvalue weighted by Crippen LogP contribution is -2.34. The summed E-state index contributed by atoms with van der Waals surface area (Å²) in [5, 5.41) is 11.6. The van der Waals surface area contributed by atoms with Crippen LogP contribution in [0, 0.1) is 5.41 Å². The maximum absolute atomic E-state index is 4.05. The molecule has 0 aliphatic heterocycles. The molecule has 1 aromatic rings. The van der Waals surface area contributed by atoms with Crippen molar-refractivity contribution in [1.82, 2.24) is 20.3 Å². The molecule has 16 heavy (non-hydrogen) atoms. The molecule has 4 nitrogen and oxygen atoms in total. The lowest BCUT2D eigenvalue weighted by Gasteiger charge is -2.31. The molecule has 1 N–H and O–H groups in total. The van der Waals surface area contributed by atoms with Crippen LogP contribution in [0.2, 0.25) is 0 Å². The first-order chi connectivity index (χ1) is 7.38. The molecule has 0 saturated heterocycles. The van der Waals surface area contributed by atoms with E-state index in [4.69, 9.17) is 0 Å². The van der Waals surface area contributed by atoms with Gasteiger partial charge in [0.2, 0.25) is 0 Å². The van der Waals surface area contributed by atoms with Gasteiger partial charge in [0.05, 0.1) is 11.7 Å². The quantitative estimate of drug-likeness (QED) is 0.926. The number of halogens is 1. The lowest BCUT2D eigenvalue weighted by molar-refractivity contribution is 0.261. The molecule has 0 fully saturated rings. The molecule has 1 aromatic heterocycles. The number of nitrogens with zero attached hydrogens (tertiary/aromatic N) is 3. The van der Waals surface area contributed by atoms with Crippen LogP contribution in [0.4, 0.5) is 0 Å². The fraction of sp³-hybridized carbons (Fsp3) is 0.818. The number of hydrogen-bond acceptors (Lipinski definition) is 3. The van der Waals surface area contributed by atoms with E-state index in [9.17, 15) is 0 Å². The third-order valence-corrected chi connectivity index (χ3v) is 3.13. The standard InChI is InChI=1S/C11H21BrN4/c1-6-7-13-9(11(2,3)4)8-10(12)14-15-16(8)5/h9,13H,6-7H2,1-5H3. The Balaban J connectivity index is 3.01. The van der Waals surface area contributed by atoms with E-state index in [0.29, 0.717) is 0 Å². The van der Waals surface area contributed by atoms with Gasteiger partial charge in [-0.05, 0) is 34.3 Å². The SMILES string of the molecule is CCCNC(c1c(Br)nnn1C)C(C)(C)C. The summed E-state index contributed by atoms with van der Waals surface area (Å²) in [6, 6.07) is 0.252. The van der Waals surface area contributed by atoms with Crippen LogP contribution in [0.15, 0.2) is 4.60 Å². The zero-order chi connectivity index (χ0) is 12.3. The minimum atomic E-state index is 0.132. The summed E-state index contributed by atoms with van der Waals surface area (Å²) >= 11 is 3.47. The lowest BCUT2D eigenvalue weighted by atomic mass is 9.85. The Labute approximate surface area is 106 Å². The van der Waals surface area contributed by atoms with E-state index in [0.717, 1.165) is 23.3 Å². The summed E-state index contributed by atoms with van der Waals surface area (Å²) in [7, 11) is 1.93. The number of rotatable bonds is 4. The van der Waals surface area contributed by atoms with E-state index in [1.807, 2.05) is 11.7 Å². The predicted octanol–water partition coefficient (Wildman–Crippen LogP) is 2.66. The molecule has 0 aliphatic carbocycles. The number of nitrogens with one attached hydrogen (secondary N) is 1. The van der Waals surface area contributed by atoms with E-state index in [1.165, 1.54) is 0 Å². The molecule has 1 atom stereocenters. The van der Waals surface area contributed by atoms with Gasteiger partial charge in [-0.15, -0.1) is 5.10 Å². The summed E-state index contributed by atoms with van der Waals surface area (Å²) in [6.07, 6.45) is 1.12. The average molecular weight is 289 g/mol. The van der Waals surface area contributed by atoms with Gasteiger partial charge in [0.1, 0.15) is 0 Å². The van der Waals surface area contributed by atoms with Gasteiger partial charge in [0.25, 0.3) is 0 Å². The Kier molecular flexibility index (Phi) is 4.50. The fourth-order valence-corrected chi connectivity index (χ4v) is 2.30. The molecule has 0 radical (unpaired) electrons. The van der Waals surface area contributed by atoms with Crippen molar-refractivity contribution >= 4 is 15.9 Å². The van der Waals surface area contributed by atoms with Crippen molar-refractivity contribution < 1.29 is 0 Å². The van der Waals surface area contributed by atoms with Crippen molar-refractivity contribution in [1.29, 1.82) is 0 Å². The van der Waals surface area contributed by atoms with E-state index >= 15 is 0 Å². The van der Waals surface area contributed by atoms with Crippen molar-refractivity contribution in [2.45, 2.75) is 40.2 Å². The highest BCUT2D eigenvalue weighted by molar-refractivity contribution is 9.10. The van der Waals surface area contributed by atoms with Gasteiger partial charge < -0.3 is 5.32 Å².